The minimum absolute atomic E-state index is 0.0311. The van der Waals surface area contributed by atoms with Crippen molar-refractivity contribution in [3.63, 3.8) is 0 Å². The molecule has 31 heavy (non-hydrogen) atoms. The van der Waals surface area contributed by atoms with E-state index in [0.29, 0.717) is 17.0 Å². The van der Waals surface area contributed by atoms with Crippen molar-refractivity contribution in [1.82, 2.24) is 4.72 Å². The molecule has 0 bridgehead atoms. The average molecular weight is 462 g/mol. The van der Waals surface area contributed by atoms with E-state index in [2.05, 4.69) is 10.0 Å². The van der Waals surface area contributed by atoms with E-state index < -0.39 is 34.0 Å². The number of amides is 1. The van der Waals surface area contributed by atoms with Crippen molar-refractivity contribution >= 4 is 39.3 Å². The molecule has 2 N–H and O–H groups in total. The molecule has 0 aliphatic carbocycles. The molecule has 2 aromatic rings. The number of carbonyl (C=O) groups excluding carboxylic acids is 2. The Kier molecular flexibility index (Phi) is 9.05. The number of thioether (sulfide) groups is 1. The molecule has 164 valence electrons. The number of sulfonamides is 1. The Balaban J connectivity index is 2.04. The van der Waals surface area contributed by atoms with Crippen molar-refractivity contribution in [2.24, 2.45) is 0 Å². The van der Waals surface area contributed by atoms with Crippen LogP contribution in [0.5, 0.6) is 0 Å². The average Bonchev–Trinajstić information content (AvgIpc) is 2.77. The summed E-state index contributed by atoms with van der Waals surface area (Å²) in [4.78, 5) is 25.0. The fraction of sp³-hybridized carbons (Fsp3) is 0.286. The van der Waals surface area contributed by atoms with Gasteiger partial charge in [0.2, 0.25) is 10.0 Å². The maximum Gasteiger partial charge on any atom is 0.324 e. The number of carbonyl (C=O) groups is 2. The normalized spacial score (nSPS) is 12.9. The lowest BCUT2D eigenvalue weighted by molar-refractivity contribution is -0.154. The first kappa shape index (κ1) is 24.4. The fourth-order valence-corrected chi connectivity index (χ4v) is 4.21. The summed E-state index contributed by atoms with van der Waals surface area (Å²) in [5.74, 6) is -0.897. The Hall–Kier alpha value is -2.87. The minimum atomic E-state index is -3.93. The number of esters is 1. The van der Waals surface area contributed by atoms with E-state index in [-0.39, 0.29) is 11.3 Å². The van der Waals surface area contributed by atoms with Gasteiger partial charge in [0.15, 0.2) is 6.10 Å². The topological polar surface area (TPSA) is 125 Å². The molecule has 0 saturated heterocycles. The summed E-state index contributed by atoms with van der Waals surface area (Å²) < 4.78 is 32.8. The molecule has 2 atom stereocenters. The van der Waals surface area contributed by atoms with Crippen LogP contribution in [0.2, 0.25) is 0 Å². The van der Waals surface area contributed by atoms with Gasteiger partial charge in [0.05, 0.1) is 16.5 Å². The molecule has 2 aromatic carbocycles. The highest BCUT2D eigenvalue weighted by Crippen LogP contribution is 2.13. The van der Waals surface area contributed by atoms with Crippen LogP contribution in [-0.2, 0) is 24.3 Å². The van der Waals surface area contributed by atoms with Crippen LogP contribution in [0.25, 0.3) is 0 Å². The SMILES string of the molecule is CSCC[C@@H](NS(=O)(=O)c1ccccc1)C(=O)O[C@H](C)C(=O)Nc1ccc(C#N)cc1. The second kappa shape index (κ2) is 11.5. The van der Waals surface area contributed by atoms with Gasteiger partial charge < -0.3 is 10.1 Å². The molecule has 8 nitrogen and oxygen atoms in total. The molecule has 0 heterocycles. The van der Waals surface area contributed by atoms with Crippen LogP contribution in [0, 0.1) is 11.3 Å². The van der Waals surface area contributed by atoms with Gasteiger partial charge in [-0.3, -0.25) is 9.59 Å². The number of nitrogens with zero attached hydrogens (tertiary/aromatic N) is 1. The van der Waals surface area contributed by atoms with Gasteiger partial charge in [-0.25, -0.2) is 8.42 Å². The van der Waals surface area contributed by atoms with Gasteiger partial charge in [0.1, 0.15) is 6.04 Å². The second-order valence-electron chi connectivity index (χ2n) is 6.53. The maximum atomic E-state index is 12.6. The van der Waals surface area contributed by atoms with Crippen LogP contribution in [-0.4, -0.2) is 44.4 Å². The smallest absolute Gasteiger partial charge is 0.324 e. The standard InChI is InChI=1S/C21H23N3O5S2/c1-15(20(25)23-17-10-8-16(14-22)9-11-17)29-21(26)19(12-13-30-2)24-31(27,28)18-6-4-3-5-7-18/h3-11,15,19,24H,12-13H2,1-2H3,(H,23,25)/t15-,19-/m1/s1. The summed E-state index contributed by atoms with van der Waals surface area (Å²) in [6, 6.07) is 14.7. The number of anilines is 1. The number of hydrogen-bond donors (Lipinski definition) is 2. The summed E-state index contributed by atoms with van der Waals surface area (Å²) in [6.07, 6.45) is 0.888. The third-order valence-corrected chi connectivity index (χ3v) is 6.32. The monoisotopic (exact) mass is 461 g/mol. The van der Waals surface area contributed by atoms with Crippen molar-refractivity contribution in [3.8, 4) is 6.07 Å². The summed E-state index contributed by atoms with van der Waals surface area (Å²) in [5, 5.41) is 11.4. The zero-order valence-corrected chi connectivity index (χ0v) is 18.7. The van der Waals surface area contributed by atoms with Crippen LogP contribution in [0.1, 0.15) is 18.9 Å². The van der Waals surface area contributed by atoms with Gasteiger partial charge in [0, 0.05) is 5.69 Å². The van der Waals surface area contributed by atoms with E-state index in [1.54, 1.807) is 42.5 Å². The van der Waals surface area contributed by atoms with Gasteiger partial charge in [0.25, 0.3) is 5.91 Å². The van der Waals surface area contributed by atoms with Crippen molar-refractivity contribution < 1.29 is 22.7 Å². The van der Waals surface area contributed by atoms with Gasteiger partial charge in [-0.15, -0.1) is 0 Å². The van der Waals surface area contributed by atoms with Crippen molar-refractivity contribution in [2.75, 3.05) is 17.3 Å². The molecule has 0 unspecified atom stereocenters. The molecular weight excluding hydrogens is 438 g/mol. The first-order chi connectivity index (χ1) is 14.8. The van der Waals surface area contributed by atoms with Crippen LogP contribution < -0.4 is 10.0 Å². The quantitative estimate of drug-likeness (QED) is 0.521. The Morgan fingerprint density at radius 3 is 2.35 bits per heavy atom. The number of hydrogen-bond acceptors (Lipinski definition) is 7. The third kappa shape index (κ3) is 7.40. The van der Waals surface area contributed by atoms with E-state index in [1.165, 1.54) is 30.8 Å². The Labute approximate surface area is 186 Å². The molecule has 1 amide bonds. The minimum Gasteiger partial charge on any atom is -0.451 e. The van der Waals surface area contributed by atoms with Crippen molar-refractivity contribution in [3.05, 3.63) is 60.2 Å². The molecule has 0 fully saturated rings. The van der Waals surface area contributed by atoms with Crippen LogP contribution in [0.15, 0.2) is 59.5 Å². The highest BCUT2D eigenvalue weighted by molar-refractivity contribution is 7.98. The second-order valence-corrected chi connectivity index (χ2v) is 9.23. The number of ether oxygens (including phenoxy) is 1. The van der Waals surface area contributed by atoms with Gasteiger partial charge in [-0.1, -0.05) is 18.2 Å². The molecule has 0 aliphatic heterocycles. The van der Waals surface area contributed by atoms with E-state index in [9.17, 15) is 18.0 Å². The molecule has 0 spiro atoms. The molecule has 2 rings (SSSR count). The fourth-order valence-electron chi connectivity index (χ4n) is 2.50. The van der Waals surface area contributed by atoms with Gasteiger partial charge >= 0.3 is 5.97 Å². The predicted molar refractivity (Wildman–Crippen MR) is 119 cm³/mol. The van der Waals surface area contributed by atoms with E-state index in [1.807, 2.05) is 12.3 Å². The van der Waals surface area contributed by atoms with Crippen molar-refractivity contribution in [1.29, 1.82) is 5.26 Å². The number of rotatable bonds is 10. The summed E-state index contributed by atoms with van der Waals surface area (Å²) in [6.45, 7) is 1.40. The lowest BCUT2D eigenvalue weighted by atomic mass is 10.2. The molecule has 10 heteroatoms. The third-order valence-electron chi connectivity index (χ3n) is 4.19. The first-order valence-corrected chi connectivity index (χ1v) is 12.2. The number of nitriles is 1. The Morgan fingerprint density at radius 1 is 1.13 bits per heavy atom. The maximum absolute atomic E-state index is 12.6. The van der Waals surface area contributed by atoms with Crippen LogP contribution >= 0.6 is 11.8 Å². The Bertz CT molecular complexity index is 1030. The first-order valence-electron chi connectivity index (χ1n) is 9.34. The molecule has 0 radical (unpaired) electrons. The van der Waals surface area contributed by atoms with E-state index >= 15 is 0 Å². The molecule has 0 aromatic heterocycles. The van der Waals surface area contributed by atoms with Crippen LogP contribution in [0.3, 0.4) is 0 Å². The Morgan fingerprint density at radius 2 is 1.77 bits per heavy atom. The largest absolute Gasteiger partial charge is 0.451 e. The highest BCUT2D eigenvalue weighted by atomic mass is 32.2. The predicted octanol–water partition coefficient (Wildman–Crippen LogP) is 2.53. The zero-order valence-electron chi connectivity index (χ0n) is 17.1. The van der Waals surface area contributed by atoms with Gasteiger partial charge in [-0.2, -0.15) is 21.7 Å². The van der Waals surface area contributed by atoms with E-state index in [4.69, 9.17) is 10.00 Å². The molecule has 0 aliphatic rings. The van der Waals surface area contributed by atoms with Crippen molar-refractivity contribution in [2.45, 2.75) is 30.4 Å². The van der Waals surface area contributed by atoms with Gasteiger partial charge in [-0.05, 0) is 61.8 Å². The summed E-state index contributed by atoms with van der Waals surface area (Å²) in [5.41, 5.74) is 0.885. The zero-order chi connectivity index (χ0) is 22.9. The molecular formula is C21H23N3O5S2. The van der Waals surface area contributed by atoms with Crippen LogP contribution in [0.4, 0.5) is 5.69 Å². The number of nitrogens with one attached hydrogen (secondary N) is 2. The lowest BCUT2D eigenvalue weighted by Gasteiger charge is -2.20. The highest BCUT2D eigenvalue weighted by Gasteiger charge is 2.29. The molecule has 0 saturated carbocycles. The summed E-state index contributed by atoms with van der Waals surface area (Å²) in [7, 11) is -3.93. The van der Waals surface area contributed by atoms with E-state index in [0.717, 1.165) is 0 Å². The summed E-state index contributed by atoms with van der Waals surface area (Å²) >= 11 is 1.45. The lowest BCUT2D eigenvalue weighted by Crippen LogP contribution is -2.44. The number of benzene rings is 2.